The van der Waals surface area contributed by atoms with E-state index in [9.17, 15) is 8.78 Å². The first-order valence-corrected chi connectivity index (χ1v) is 4.82. The summed E-state index contributed by atoms with van der Waals surface area (Å²) in [7, 11) is 0. The van der Waals surface area contributed by atoms with E-state index in [2.05, 4.69) is 20.9 Å². The van der Waals surface area contributed by atoms with E-state index in [1.54, 1.807) is 17.1 Å². The number of aryl methyl sites for hydroxylation is 1. The molecule has 0 aliphatic carbocycles. The van der Waals surface area contributed by atoms with E-state index in [1.165, 1.54) is 0 Å². The Bertz CT molecular complexity index is 267. The van der Waals surface area contributed by atoms with Crippen LogP contribution in [0.2, 0.25) is 0 Å². The van der Waals surface area contributed by atoms with Crippen LogP contribution < -0.4 is 0 Å². The molecular formula is C8H11BrF2N2. The van der Waals surface area contributed by atoms with Gasteiger partial charge in [-0.1, -0.05) is 0 Å². The molecule has 0 unspecified atom stereocenters. The summed E-state index contributed by atoms with van der Waals surface area (Å²) in [5, 5.41) is 0. The Morgan fingerprint density at radius 1 is 1.62 bits per heavy atom. The van der Waals surface area contributed by atoms with Gasteiger partial charge in [0.05, 0.1) is 6.33 Å². The molecule has 0 aliphatic heterocycles. The number of alkyl halides is 2. The SMILES string of the molecule is CC(F)(F)CCCn1cnc(Br)c1. The number of hydrogen-bond acceptors (Lipinski definition) is 1. The molecule has 0 aliphatic rings. The first-order valence-electron chi connectivity index (χ1n) is 4.02. The molecule has 0 fully saturated rings. The van der Waals surface area contributed by atoms with Crippen LogP contribution in [0.1, 0.15) is 19.8 Å². The average Bonchev–Trinajstić information content (AvgIpc) is 2.33. The Balaban J connectivity index is 2.28. The minimum absolute atomic E-state index is 0.0806. The maximum absolute atomic E-state index is 12.4. The summed E-state index contributed by atoms with van der Waals surface area (Å²) in [6, 6.07) is 0. The van der Waals surface area contributed by atoms with Crippen molar-refractivity contribution in [1.29, 1.82) is 0 Å². The van der Waals surface area contributed by atoms with Crippen molar-refractivity contribution >= 4 is 15.9 Å². The summed E-state index contributed by atoms with van der Waals surface area (Å²) in [5.41, 5.74) is 0. The van der Waals surface area contributed by atoms with Crippen LogP contribution in [-0.2, 0) is 6.54 Å². The fourth-order valence-electron chi connectivity index (χ4n) is 1.03. The van der Waals surface area contributed by atoms with Gasteiger partial charge in [-0.25, -0.2) is 13.8 Å². The molecule has 2 nitrogen and oxygen atoms in total. The van der Waals surface area contributed by atoms with Crippen LogP contribution in [0.5, 0.6) is 0 Å². The zero-order chi connectivity index (χ0) is 9.90. The molecule has 0 bridgehead atoms. The van der Waals surface area contributed by atoms with E-state index in [-0.39, 0.29) is 6.42 Å². The second kappa shape index (κ2) is 4.17. The normalized spacial score (nSPS) is 12.0. The van der Waals surface area contributed by atoms with Crippen LogP contribution >= 0.6 is 15.9 Å². The average molecular weight is 253 g/mol. The van der Waals surface area contributed by atoms with Crippen molar-refractivity contribution in [2.75, 3.05) is 0 Å². The maximum atomic E-state index is 12.4. The van der Waals surface area contributed by atoms with Crippen LogP contribution in [0.4, 0.5) is 8.78 Å². The fourth-order valence-corrected chi connectivity index (χ4v) is 1.38. The van der Waals surface area contributed by atoms with Gasteiger partial charge in [0.25, 0.3) is 0 Å². The van der Waals surface area contributed by atoms with Crippen LogP contribution in [0.3, 0.4) is 0 Å². The van der Waals surface area contributed by atoms with E-state index in [1.807, 2.05) is 0 Å². The summed E-state index contributed by atoms with van der Waals surface area (Å²) in [5.74, 6) is -2.56. The highest BCUT2D eigenvalue weighted by Crippen LogP contribution is 2.19. The van der Waals surface area contributed by atoms with E-state index in [0.717, 1.165) is 11.5 Å². The van der Waals surface area contributed by atoms with E-state index in [4.69, 9.17) is 0 Å². The Kier molecular flexibility index (Phi) is 3.41. The molecule has 0 atom stereocenters. The van der Waals surface area contributed by atoms with Crippen molar-refractivity contribution in [2.45, 2.75) is 32.2 Å². The molecule has 0 radical (unpaired) electrons. The summed E-state index contributed by atoms with van der Waals surface area (Å²) < 4.78 is 27.3. The monoisotopic (exact) mass is 252 g/mol. The predicted octanol–water partition coefficient (Wildman–Crippen LogP) is 3.08. The lowest BCUT2D eigenvalue weighted by atomic mass is 10.2. The summed E-state index contributed by atoms with van der Waals surface area (Å²) >= 11 is 3.18. The molecule has 0 spiro atoms. The standard InChI is InChI=1S/C8H11BrF2N2/c1-8(10,11)3-2-4-13-5-7(9)12-6-13/h5-6H,2-4H2,1H3. The molecule has 13 heavy (non-hydrogen) atoms. The van der Waals surface area contributed by atoms with Gasteiger partial charge < -0.3 is 4.57 Å². The van der Waals surface area contributed by atoms with Gasteiger partial charge in [-0.15, -0.1) is 0 Å². The molecular weight excluding hydrogens is 242 g/mol. The Labute approximate surface area is 84.1 Å². The van der Waals surface area contributed by atoms with Crippen molar-refractivity contribution in [1.82, 2.24) is 9.55 Å². The maximum Gasteiger partial charge on any atom is 0.245 e. The van der Waals surface area contributed by atoms with E-state index < -0.39 is 5.92 Å². The first kappa shape index (κ1) is 10.6. The van der Waals surface area contributed by atoms with Crippen molar-refractivity contribution < 1.29 is 8.78 Å². The lowest BCUT2D eigenvalue weighted by molar-refractivity contribution is 0.00993. The topological polar surface area (TPSA) is 17.8 Å². The molecule has 1 aromatic heterocycles. The van der Waals surface area contributed by atoms with Gasteiger partial charge in [-0.3, -0.25) is 0 Å². The van der Waals surface area contributed by atoms with Crippen LogP contribution in [0.25, 0.3) is 0 Å². The molecule has 0 aromatic carbocycles. The van der Waals surface area contributed by atoms with E-state index in [0.29, 0.717) is 13.0 Å². The van der Waals surface area contributed by atoms with E-state index >= 15 is 0 Å². The van der Waals surface area contributed by atoms with Crippen molar-refractivity contribution in [3.05, 3.63) is 17.1 Å². The van der Waals surface area contributed by atoms with Crippen molar-refractivity contribution in [3.63, 3.8) is 0 Å². The van der Waals surface area contributed by atoms with Gasteiger partial charge in [0, 0.05) is 19.2 Å². The van der Waals surface area contributed by atoms with Gasteiger partial charge in [0.2, 0.25) is 5.92 Å². The fraction of sp³-hybridized carbons (Fsp3) is 0.625. The third kappa shape index (κ3) is 4.36. The quantitative estimate of drug-likeness (QED) is 0.806. The Morgan fingerprint density at radius 2 is 2.31 bits per heavy atom. The second-order valence-electron chi connectivity index (χ2n) is 3.11. The van der Waals surface area contributed by atoms with Gasteiger partial charge in [0.15, 0.2) is 0 Å². The number of rotatable bonds is 4. The van der Waals surface area contributed by atoms with Gasteiger partial charge in [-0.2, -0.15) is 0 Å². The molecule has 1 aromatic rings. The predicted molar refractivity (Wildman–Crippen MR) is 49.8 cm³/mol. The number of hydrogen-bond donors (Lipinski definition) is 0. The highest BCUT2D eigenvalue weighted by Gasteiger charge is 2.19. The van der Waals surface area contributed by atoms with Crippen molar-refractivity contribution in [3.8, 4) is 0 Å². The third-order valence-corrected chi connectivity index (χ3v) is 2.04. The number of aromatic nitrogens is 2. The Hall–Kier alpha value is -0.450. The zero-order valence-electron chi connectivity index (χ0n) is 7.30. The highest BCUT2D eigenvalue weighted by atomic mass is 79.9. The summed E-state index contributed by atoms with van der Waals surface area (Å²) in [6.45, 7) is 1.53. The molecule has 0 N–H and O–H groups in total. The van der Waals surface area contributed by atoms with Gasteiger partial charge in [0.1, 0.15) is 4.60 Å². The van der Waals surface area contributed by atoms with Gasteiger partial charge in [-0.05, 0) is 29.3 Å². The van der Waals surface area contributed by atoms with Crippen molar-refractivity contribution in [2.24, 2.45) is 0 Å². The number of nitrogens with zero attached hydrogens (tertiary/aromatic N) is 2. The zero-order valence-corrected chi connectivity index (χ0v) is 8.89. The van der Waals surface area contributed by atoms with Crippen LogP contribution in [0.15, 0.2) is 17.1 Å². The molecule has 1 heterocycles. The molecule has 1 rings (SSSR count). The van der Waals surface area contributed by atoms with Crippen LogP contribution in [-0.4, -0.2) is 15.5 Å². The minimum atomic E-state index is -2.56. The summed E-state index contributed by atoms with van der Waals surface area (Å²) in [4.78, 5) is 3.92. The minimum Gasteiger partial charge on any atom is -0.336 e. The third-order valence-electron chi connectivity index (χ3n) is 1.63. The molecule has 0 saturated heterocycles. The molecule has 5 heteroatoms. The number of imidazole rings is 1. The largest absolute Gasteiger partial charge is 0.336 e. The molecule has 0 amide bonds. The summed E-state index contributed by atoms with van der Waals surface area (Å²) in [6.07, 6.45) is 3.78. The molecule has 74 valence electrons. The first-order chi connectivity index (χ1) is 5.97. The van der Waals surface area contributed by atoms with Gasteiger partial charge >= 0.3 is 0 Å². The lowest BCUT2D eigenvalue weighted by Crippen LogP contribution is -2.10. The second-order valence-corrected chi connectivity index (χ2v) is 3.92. The smallest absolute Gasteiger partial charge is 0.245 e. The molecule has 0 saturated carbocycles. The van der Waals surface area contributed by atoms with Crippen LogP contribution in [0, 0.1) is 0 Å². The lowest BCUT2D eigenvalue weighted by Gasteiger charge is -2.09. The Morgan fingerprint density at radius 3 is 2.77 bits per heavy atom. The highest BCUT2D eigenvalue weighted by molar-refractivity contribution is 9.10. The number of halogens is 3.